The van der Waals surface area contributed by atoms with E-state index in [0.29, 0.717) is 27.2 Å². The van der Waals surface area contributed by atoms with E-state index in [2.05, 4.69) is 10.3 Å². The summed E-state index contributed by atoms with van der Waals surface area (Å²) in [4.78, 5) is 28.3. The van der Waals surface area contributed by atoms with Gasteiger partial charge in [0.15, 0.2) is 17.5 Å². The highest BCUT2D eigenvalue weighted by Gasteiger charge is 2.18. The quantitative estimate of drug-likeness (QED) is 0.521. The molecule has 0 atom stereocenters. The van der Waals surface area contributed by atoms with Gasteiger partial charge in [0.05, 0.1) is 11.4 Å². The number of rotatable bonds is 5. The fourth-order valence-corrected chi connectivity index (χ4v) is 3.74. The number of amides is 1. The van der Waals surface area contributed by atoms with Gasteiger partial charge in [-0.15, -0.1) is 0 Å². The van der Waals surface area contributed by atoms with E-state index >= 15 is 0 Å². The van der Waals surface area contributed by atoms with Crippen LogP contribution in [0.4, 0.5) is 5.69 Å². The number of imidazole rings is 1. The van der Waals surface area contributed by atoms with Crippen molar-refractivity contribution < 1.29 is 14.3 Å². The molecule has 1 amide bonds. The molecule has 0 saturated carbocycles. The largest absolute Gasteiger partial charge is 0.482 e. The first-order chi connectivity index (χ1) is 13.1. The predicted octanol–water partition coefficient (Wildman–Crippen LogP) is 3.83. The molecule has 0 spiro atoms. The summed E-state index contributed by atoms with van der Waals surface area (Å²) >= 11 is 7.39. The topological polar surface area (TPSA) is 73.2 Å². The number of nitrogens with one attached hydrogen (secondary N) is 1. The van der Waals surface area contributed by atoms with Crippen LogP contribution >= 0.6 is 23.4 Å². The lowest BCUT2D eigenvalue weighted by atomic mass is 10.1. The van der Waals surface area contributed by atoms with E-state index in [1.807, 2.05) is 29.0 Å². The van der Waals surface area contributed by atoms with Gasteiger partial charge >= 0.3 is 0 Å². The van der Waals surface area contributed by atoms with Crippen molar-refractivity contribution >= 4 is 40.7 Å². The molecule has 2 heterocycles. The predicted molar refractivity (Wildman–Crippen MR) is 104 cm³/mol. The number of thioether (sulfide) groups is 1. The maximum absolute atomic E-state index is 12.6. The molecule has 0 fully saturated rings. The normalized spacial score (nSPS) is 12.9. The van der Waals surface area contributed by atoms with Gasteiger partial charge in [0.1, 0.15) is 5.75 Å². The van der Waals surface area contributed by atoms with Crippen molar-refractivity contribution in [3.8, 4) is 11.4 Å². The number of hydrogen-bond donors (Lipinski definition) is 1. The maximum atomic E-state index is 12.6. The second-order valence-corrected chi connectivity index (χ2v) is 7.20. The summed E-state index contributed by atoms with van der Waals surface area (Å²) in [7, 11) is 0. The number of Topliss-reactive ketones (excluding diaryl/α,β-unsaturated/α-hetero) is 1. The Kier molecular flexibility index (Phi) is 4.87. The van der Waals surface area contributed by atoms with Crippen molar-refractivity contribution in [1.29, 1.82) is 0 Å². The van der Waals surface area contributed by atoms with E-state index < -0.39 is 0 Å². The van der Waals surface area contributed by atoms with Gasteiger partial charge in [-0.2, -0.15) is 0 Å². The van der Waals surface area contributed by atoms with E-state index in [-0.39, 0.29) is 24.1 Å². The summed E-state index contributed by atoms with van der Waals surface area (Å²) in [6.07, 6.45) is 3.50. The van der Waals surface area contributed by atoms with Crippen LogP contribution < -0.4 is 10.1 Å². The average molecular weight is 400 g/mol. The monoisotopic (exact) mass is 399 g/mol. The second-order valence-electron chi connectivity index (χ2n) is 5.82. The minimum Gasteiger partial charge on any atom is -0.482 e. The number of fused-ring (bicyclic) bond motifs is 1. The van der Waals surface area contributed by atoms with Crippen LogP contribution in [0, 0.1) is 0 Å². The first kappa shape index (κ1) is 17.6. The zero-order chi connectivity index (χ0) is 18.8. The standard InChI is InChI=1S/C19H14ClN3O3S/c20-13-2-1-3-14(9-13)23-7-6-21-19(23)27-11-16(24)12-4-5-17-15(8-12)22-18(25)10-26-17/h1-9H,10-11H2,(H,22,25). The lowest BCUT2D eigenvalue weighted by Crippen LogP contribution is -2.25. The third kappa shape index (κ3) is 3.84. The minimum absolute atomic E-state index is 0.0116. The molecule has 1 N–H and O–H groups in total. The Hall–Kier alpha value is -2.77. The number of nitrogens with zero attached hydrogens (tertiary/aromatic N) is 2. The van der Waals surface area contributed by atoms with Gasteiger partial charge in [-0.25, -0.2) is 4.98 Å². The molecule has 1 aromatic heterocycles. The lowest BCUT2D eigenvalue weighted by Gasteiger charge is -2.18. The van der Waals surface area contributed by atoms with Crippen LogP contribution in [0.5, 0.6) is 5.75 Å². The Balaban J connectivity index is 1.49. The van der Waals surface area contributed by atoms with Gasteiger partial charge in [-0.05, 0) is 36.4 Å². The fourth-order valence-electron chi connectivity index (χ4n) is 2.69. The van der Waals surface area contributed by atoms with Crippen molar-refractivity contribution in [1.82, 2.24) is 9.55 Å². The molecule has 8 heteroatoms. The molecule has 6 nitrogen and oxygen atoms in total. The Morgan fingerprint density at radius 2 is 2.19 bits per heavy atom. The van der Waals surface area contributed by atoms with Crippen LogP contribution in [0.25, 0.3) is 5.69 Å². The van der Waals surface area contributed by atoms with Gasteiger partial charge in [-0.1, -0.05) is 29.4 Å². The fraction of sp³-hybridized carbons (Fsp3) is 0.105. The number of carbonyl (C=O) groups is 2. The molecule has 4 rings (SSSR count). The average Bonchev–Trinajstić information content (AvgIpc) is 3.14. The third-order valence-electron chi connectivity index (χ3n) is 3.96. The van der Waals surface area contributed by atoms with Gasteiger partial charge < -0.3 is 10.1 Å². The third-order valence-corrected chi connectivity index (χ3v) is 5.16. The Labute approximate surface area is 164 Å². The first-order valence-electron chi connectivity index (χ1n) is 8.12. The highest BCUT2D eigenvalue weighted by molar-refractivity contribution is 7.99. The van der Waals surface area contributed by atoms with Gasteiger partial charge in [0.25, 0.3) is 5.91 Å². The molecular weight excluding hydrogens is 386 g/mol. The van der Waals surface area contributed by atoms with E-state index in [4.69, 9.17) is 16.3 Å². The zero-order valence-electron chi connectivity index (χ0n) is 14.0. The summed E-state index contributed by atoms with van der Waals surface area (Å²) in [6, 6.07) is 12.4. The highest BCUT2D eigenvalue weighted by atomic mass is 35.5. The minimum atomic E-state index is -0.231. The summed E-state index contributed by atoms with van der Waals surface area (Å²) in [5.41, 5.74) is 1.90. The Morgan fingerprint density at radius 1 is 1.30 bits per heavy atom. The lowest BCUT2D eigenvalue weighted by molar-refractivity contribution is -0.118. The van der Waals surface area contributed by atoms with E-state index in [0.717, 1.165) is 5.69 Å². The SMILES string of the molecule is O=C1COc2ccc(C(=O)CSc3nccn3-c3cccc(Cl)c3)cc2N1. The van der Waals surface area contributed by atoms with Crippen molar-refractivity contribution in [2.45, 2.75) is 5.16 Å². The van der Waals surface area contributed by atoms with Gasteiger partial charge in [-0.3, -0.25) is 14.2 Å². The molecule has 1 aliphatic heterocycles. The number of hydrogen-bond acceptors (Lipinski definition) is 5. The van der Waals surface area contributed by atoms with Crippen LogP contribution in [0.3, 0.4) is 0 Å². The van der Waals surface area contributed by atoms with Gasteiger partial charge in [0.2, 0.25) is 0 Å². The molecule has 0 unspecified atom stereocenters. The molecule has 3 aromatic rings. The van der Waals surface area contributed by atoms with E-state index in [9.17, 15) is 9.59 Å². The number of benzene rings is 2. The molecule has 0 saturated heterocycles. The van der Waals surface area contributed by atoms with Crippen LogP contribution in [-0.4, -0.2) is 33.6 Å². The Morgan fingerprint density at radius 3 is 3.04 bits per heavy atom. The van der Waals surface area contributed by atoms with E-state index in [1.165, 1.54) is 11.8 Å². The van der Waals surface area contributed by atoms with Crippen LogP contribution in [0.2, 0.25) is 5.02 Å². The van der Waals surface area contributed by atoms with Crippen molar-refractivity contribution in [2.24, 2.45) is 0 Å². The number of carbonyl (C=O) groups excluding carboxylic acids is 2. The highest BCUT2D eigenvalue weighted by Crippen LogP contribution is 2.29. The smallest absolute Gasteiger partial charge is 0.262 e. The number of aromatic nitrogens is 2. The molecular formula is C19H14ClN3O3S. The number of ketones is 1. The zero-order valence-corrected chi connectivity index (χ0v) is 15.6. The van der Waals surface area contributed by atoms with E-state index in [1.54, 1.807) is 30.5 Å². The molecule has 0 aliphatic carbocycles. The summed E-state index contributed by atoms with van der Waals surface area (Å²) in [5.74, 6) is 0.481. The van der Waals surface area contributed by atoms with Crippen LogP contribution in [0.1, 0.15) is 10.4 Å². The second kappa shape index (κ2) is 7.46. The molecule has 0 radical (unpaired) electrons. The van der Waals surface area contributed by atoms with Crippen LogP contribution in [-0.2, 0) is 4.79 Å². The summed E-state index contributed by atoms with van der Waals surface area (Å²) < 4.78 is 7.19. The number of ether oxygens (including phenoxy) is 1. The number of anilines is 1. The molecule has 2 aromatic carbocycles. The van der Waals surface area contributed by atoms with Crippen molar-refractivity contribution in [3.63, 3.8) is 0 Å². The maximum Gasteiger partial charge on any atom is 0.262 e. The van der Waals surface area contributed by atoms with Crippen molar-refractivity contribution in [2.75, 3.05) is 17.7 Å². The molecule has 0 bridgehead atoms. The van der Waals surface area contributed by atoms with Gasteiger partial charge in [0, 0.05) is 28.7 Å². The first-order valence-corrected chi connectivity index (χ1v) is 9.48. The summed E-state index contributed by atoms with van der Waals surface area (Å²) in [5, 5.41) is 4.03. The van der Waals surface area contributed by atoms with Crippen molar-refractivity contribution in [3.05, 3.63) is 65.4 Å². The van der Waals surface area contributed by atoms with Crippen LogP contribution in [0.15, 0.2) is 60.0 Å². The molecule has 1 aliphatic rings. The summed E-state index contributed by atoms with van der Waals surface area (Å²) in [6.45, 7) is -0.0116. The molecule has 136 valence electrons. The molecule has 27 heavy (non-hydrogen) atoms. The Bertz CT molecular complexity index is 1030. The number of halogens is 1.